The van der Waals surface area contributed by atoms with Gasteiger partial charge in [-0.1, -0.05) is 30.0 Å². The average Bonchev–Trinajstić information content (AvgIpc) is 2.98. The maximum atomic E-state index is 12.3. The first-order chi connectivity index (χ1) is 11.5. The van der Waals surface area contributed by atoms with Gasteiger partial charge in [-0.3, -0.25) is 9.89 Å². The largest absolute Gasteiger partial charge is 0.349 e. The summed E-state index contributed by atoms with van der Waals surface area (Å²) in [5.41, 5.74) is 3.94. The molecule has 24 heavy (non-hydrogen) atoms. The van der Waals surface area contributed by atoms with Crippen molar-refractivity contribution in [3.05, 3.63) is 53.3 Å². The van der Waals surface area contributed by atoms with Crippen molar-refractivity contribution in [1.82, 2.24) is 20.5 Å². The van der Waals surface area contributed by atoms with Crippen LogP contribution in [0.3, 0.4) is 0 Å². The van der Waals surface area contributed by atoms with E-state index in [1.165, 1.54) is 17.3 Å². The number of H-pyrrole nitrogens is 1. The predicted octanol–water partition coefficient (Wildman–Crippen LogP) is 3.37. The normalized spacial score (nSPS) is 12.3. The first kappa shape index (κ1) is 16.5. The number of hydrogen-bond acceptors (Lipinski definition) is 4. The molecule has 3 rings (SSSR count). The van der Waals surface area contributed by atoms with Gasteiger partial charge in [0, 0.05) is 11.1 Å². The predicted molar refractivity (Wildman–Crippen MR) is 97.0 cm³/mol. The van der Waals surface area contributed by atoms with Crippen LogP contribution < -0.4 is 5.32 Å². The number of nitrogens with one attached hydrogen (secondary N) is 2. The van der Waals surface area contributed by atoms with Crippen molar-refractivity contribution in [2.24, 2.45) is 0 Å². The number of nitrogens with zero attached hydrogens (tertiary/aromatic N) is 2. The van der Waals surface area contributed by atoms with Gasteiger partial charge in [-0.05, 0) is 44.5 Å². The van der Waals surface area contributed by atoms with Gasteiger partial charge in [-0.2, -0.15) is 5.10 Å². The number of aromatic amines is 1. The molecule has 0 aliphatic rings. The van der Waals surface area contributed by atoms with Crippen molar-refractivity contribution in [3.63, 3.8) is 0 Å². The number of hydrogen-bond donors (Lipinski definition) is 2. The molecule has 0 spiro atoms. The van der Waals surface area contributed by atoms with E-state index in [9.17, 15) is 4.79 Å². The van der Waals surface area contributed by atoms with Crippen LogP contribution in [0, 0.1) is 13.8 Å². The number of rotatable bonds is 5. The van der Waals surface area contributed by atoms with Gasteiger partial charge in [-0.25, -0.2) is 4.98 Å². The van der Waals surface area contributed by atoms with Crippen LogP contribution in [0.15, 0.2) is 41.4 Å². The zero-order valence-corrected chi connectivity index (χ0v) is 14.8. The molecule has 1 aromatic carbocycles. The van der Waals surface area contributed by atoms with Crippen LogP contribution in [-0.4, -0.2) is 26.3 Å². The molecule has 0 fully saturated rings. The lowest BCUT2D eigenvalue weighted by Crippen LogP contribution is -2.30. The van der Waals surface area contributed by atoms with Crippen LogP contribution in [0.5, 0.6) is 0 Å². The second-order valence-corrected chi connectivity index (χ2v) is 7.18. The van der Waals surface area contributed by atoms with Crippen LogP contribution >= 0.6 is 11.8 Å². The van der Waals surface area contributed by atoms with E-state index in [0.717, 1.165) is 27.3 Å². The molecule has 0 saturated heterocycles. The summed E-state index contributed by atoms with van der Waals surface area (Å²) in [5.74, 6) is -0.0201. The van der Waals surface area contributed by atoms with Gasteiger partial charge < -0.3 is 5.32 Å². The Morgan fingerprint density at radius 1 is 1.29 bits per heavy atom. The van der Waals surface area contributed by atoms with Gasteiger partial charge in [0.15, 0.2) is 0 Å². The minimum Gasteiger partial charge on any atom is -0.349 e. The highest BCUT2D eigenvalue weighted by molar-refractivity contribution is 8.00. The Bertz CT molecular complexity index is 874. The Labute approximate surface area is 145 Å². The molecule has 3 aromatic rings. The van der Waals surface area contributed by atoms with Crippen LogP contribution in [0.4, 0.5) is 0 Å². The number of aromatic nitrogens is 3. The van der Waals surface area contributed by atoms with E-state index in [2.05, 4.69) is 33.5 Å². The molecule has 0 bridgehead atoms. The molecule has 124 valence electrons. The summed E-state index contributed by atoms with van der Waals surface area (Å²) in [7, 11) is 0. The summed E-state index contributed by atoms with van der Waals surface area (Å²) in [5, 5.41) is 11.7. The third-order valence-electron chi connectivity index (χ3n) is 3.77. The minimum atomic E-state index is -0.224. The molecule has 6 heteroatoms. The Morgan fingerprint density at radius 2 is 2.08 bits per heavy atom. The van der Waals surface area contributed by atoms with Gasteiger partial charge in [0.05, 0.1) is 28.0 Å². The van der Waals surface area contributed by atoms with E-state index in [-0.39, 0.29) is 11.2 Å². The summed E-state index contributed by atoms with van der Waals surface area (Å²) in [6.07, 6.45) is 0. The average molecular weight is 340 g/mol. The highest BCUT2D eigenvalue weighted by Gasteiger charge is 2.16. The molecule has 0 radical (unpaired) electrons. The molecule has 0 aliphatic heterocycles. The number of benzene rings is 1. The van der Waals surface area contributed by atoms with E-state index < -0.39 is 0 Å². The van der Waals surface area contributed by atoms with Crippen molar-refractivity contribution in [3.8, 4) is 0 Å². The minimum absolute atomic E-state index is 0.0201. The van der Waals surface area contributed by atoms with E-state index in [1.54, 1.807) is 0 Å². The molecular formula is C18H20N4OS. The summed E-state index contributed by atoms with van der Waals surface area (Å²) < 4.78 is 0. The van der Waals surface area contributed by atoms with Crippen molar-refractivity contribution in [1.29, 1.82) is 0 Å². The third kappa shape index (κ3) is 3.76. The second kappa shape index (κ2) is 7.05. The van der Waals surface area contributed by atoms with Gasteiger partial charge in [0.1, 0.15) is 0 Å². The van der Waals surface area contributed by atoms with E-state index >= 15 is 0 Å². The summed E-state index contributed by atoms with van der Waals surface area (Å²) >= 11 is 1.47. The summed E-state index contributed by atoms with van der Waals surface area (Å²) in [6, 6.07) is 12.0. The number of carbonyl (C=O) groups excluding carboxylic acids is 1. The molecule has 2 aromatic heterocycles. The highest BCUT2D eigenvalue weighted by atomic mass is 32.2. The van der Waals surface area contributed by atoms with E-state index in [0.29, 0.717) is 6.54 Å². The van der Waals surface area contributed by atoms with Crippen LogP contribution in [0.1, 0.15) is 23.9 Å². The van der Waals surface area contributed by atoms with Crippen molar-refractivity contribution >= 4 is 28.6 Å². The maximum absolute atomic E-state index is 12.3. The lowest BCUT2D eigenvalue weighted by Gasteiger charge is -2.12. The quantitative estimate of drug-likeness (QED) is 0.699. The summed E-state index contributed by atoms with van der Waals surface area (Å²) in [6.45, 7) is 6.32. The molecule has 2 N–H and O–H groups in total. The number of pyridine rings is 1. The maximum Gasteiger partial charge on any atom is 0.233 e. The number of para-hydroxylation sites is 1. The zero-order chi connectivity index (χ0) is 17.1. The molecule has 2 heterocycles. The fourth-order valence-electron chi connectivity index (χ4n) is 2.50. The fraction of sp³-hybridized carbons (Fsp3) is 0.278. The van der Waals surface area contributed by atoms with Gasteiger partial charge in [0.2, 0.25) is 5.91 Å². The van der Waals surface area contributed by atoms with Gasteiger partial charge >= 0.3 is 0 Å². The molecule has 0 aliphatic carbocycles. The van der Waals surface area contributed by atoms with Crippen molar-refractivity contribution in [2.45, 2.75) is 37.6 Å². The number of thioether (sulfide) groups is 1. The standard InChI is InChI=1S/C18H20N4OS/c1-11-8-17(20-16-7-5-4-6-15(11)16)24-13(3)18(23)19-10-14-9-12(2)21-22-14/h4-9,13H,10H2,1-3H3,(H,19,23)(H,21,22)/t13-/m1/s1. The molecule has 0 unspecified atom stereocenters. The lowest BCUT2D eigenvalue weighted by molar-refractivity contribution is -0.120. The number of fused-ring (bicyclic) bond motifs is 1. The second-order valence-electron chi connectivity index (χ2n) is 5.81. The lowest BCUT2D eigenvalue weighted by atomic mass is 10.1. The van der Waals surface area contributed by atoms with Gasteiger partial charge in [-0.15, -0.1) is 0 Å². The molecule has 0 saturated carbocycles. The van der Waals surface area contributed by atoms with Crippen molar-refractivity contribution < 1.29 is 4.79 Å². The van der Waals surface area contributed by atoms with Crippen LogP contribution in [0.25, 0.3) is 10.9 Å². The van der Waals surface area contributed by atoms with Crippen molar-refractivity contribution in [2.75, 3.05) is 0 Å². The molecule has 1 atom stereocenters. The number of amides is 1. The van der Waals surface area contributed by atoms with Crippen LogP contribution in [0.2, 0.25) is 0 Å². The van der Waals surface area contributed by atoms with E-state index in [1.807, 2.05) is 44.2 Å². The monoisotopic (exact) mass is 340 g/mol. The zero-order valence-electron chi connectivity index (χ0n) is 14.0. The number of carbonyl (C=O) groups is 1. The number of aryl methyl sites for hydroxylation is 2. The Hall–Kier alpha value is -2.34. The Morgan fingerprint density at radius 3 is 2.83 bits per heavy atom. The Kier molecular flexibility index (Phi) is 4.85. The highest BCUT2D eigenvalue weighted by Crippen LogP contribution is 2.26. The first-order valence-electron chi connectivity index (χ1n) is 7.84. The van der Waals surface area contributed by atoms with E-state index in [4.69, 9.17) is 0 Å². The third-order valence-corrected chi connectivity index (χ3v) is 4.79. The smallest absolute Gasteiger partial charge is 0.233 e. The molecular weight excluding hydrogens is 320 g/mol. The van der Waals surface area contributed by atoms with Crippen LogP contribution in [-0.2, 0) is 11.3 Å². The first-order valence-corrected chi connectivity index (χ1v) is 8.72. The SMILES string of the molecule is Cc1cc(CNC(=O)[C@@H](C)Sc2cc(C)c3ccccc3n2)n[nH]1. The molecule has 5 nitrogen and oxygen atoms in total. The summed E-state index contributed by atoms with van der Waals surface area (Å²) in [4.78, 5) is 16.9. The van der Waals surface area contributed by atoms with Gasteiger partial charge in [0.25, 0.3) is 0 Å². The topological polar surface area (TPSA) is 70.7 Å². The molecule has 1 amide bonds. The fourth-order valence-corrected chi connectivity index (χ4v) is 3.45. The Balaban J connectivity index is 1.65.